The summed E-state index contributed by atoms with van der Waals surface area (Å²) in [7, 11) is 0. The highest BCUT2D eigenvalue weighted by molar-refractivity contribution is 5.84. The van der Waals surface area contributed by atoms with Gasteiger partial charge in [0.25, 0.3) is 5.56 Å². The number of aliphatic hydroxyl groups is 1. The number of nitrogens with zero attached hydrogens (tertiary/aromatic N) is 4. The Bertz CT molecular complexity index is 954. The molecule has 11 nitrogen and oxygen atoms in total. The molecule has 0 amide bonds. The summed E-state index contributed by atoms with van der Waals surface area (Å²) in [6.07, 6.45) is 4.39. The maximum Gasteiger partial charge on any atom is 0.330 e. The molecule has 1 aromatic heterocycles. The number of nitrogens with one attached hydrogen (secondary N) is 1. The fourth-order valence-corrected chi connectivity index (χ4v) is 4.11. The van der Waals surface area contributed by atoms with Crippen LogP contribution in [0.15, 0.2) is 20.9 Å². The van der Waals surface area contributed by atoms with Crippen LogP contribution in [0.25, 0.3) is 10.4 Å². The number of aliphatic hydroxyl groups excluding tert-OH is 1. The second kappa shape index (κ2) is 14.1. The Morgan fingerprint density at radius 3 is 2.71 bits per heavy atom. The number of ketones is 1. The van der Waals surface area contributed by atoms with Crippen molar-refractivity contribution in [3.05, 3.63) is 43.0 Å². The first kappa shape index (κ1) is 27.8. The topological polar surface area (TPSA) is 159 Å². The minimum absolute atomic E-state index is 0.0300. The summed E-state index contributed by atoms with van der Waals surface area (Å²) in [4.78, 5) is 41.9. The second-order valence-electron chi connectivity index (χ2n) is 8.85. The normalized spacial score (nSPS) is 21.7. The molecule has 0 aliphatic carbocycles. The second-order valence-corrected chi connectivity index (χ2v) is 8.85. The van der Waals surface area contributed by atoms with Crippen molar-refractivity contribution in [2.75, 3.05) is 6.61 Å². The molecule has 0 bridgehead atoms. The van der Waals surface area contributed by atoms with Crippen molar-refractivity contribution < 1.29 is 19.4 Å². The zero-order valence-corrected chi connectivity index (χ0v) is 20.3. The summed E-state index contributed by atoms with van der Waals surface area (Å²) >= 11 is 0. The summed E-state index contributed by atoms with van der Waals surface area (Å²) in [5, 5.41) is 14.5. The lowest BCUT2D eigenvalue weighted by molar-refractivity contribution is -0.140. The van der Waals surface area contributed by atoms with E-state index in [9.17, 15) is 19.5 Å². The number of Topliss-reactive ketones (excluding diaryl/α,β-unsaturated/α-hetero) is 1. The minimum Gasteiger partial charge on any atom is -0.383 e. The van der Waals surface area contributed by atoms with Gasteiger partial charge in [0.15, 0.2) is 5.78 Å². The van der Waals surface area contributed by atoms with E-state index < -0.39 is 41.5 Å². The first-order valence-corrected chi connectivity index (χ1v) is 12.2. The summed E-state index contributed by atoms with van der Waals surface area (Å²) in [5.74, 6) is -0.453. The Morgan fingerprint density at radius 2 is 2.03 bits per heavy atom. The van der Waals surface area contributed by atoms with Crippen LogP contribution in [-0.2, 0) is 14.3 Å². The zero-order chi connectivity index (χ0) is 25.1. The van der Waals surface area contributed by atoms with Crippen LogP contribution in [-0.4, -0.2) is 51.4 Å². The molecular formula is C23H37N5O6. The zero-order valence-electron chi connectivity index (χ0n) is 20.3. The van der Waals surface area contributed by atoms with E-state index in [2.05, 4.69) is 28.9 Å². The van der Waals surface area contributed by atoms with Crippen molar-refractivity contribution >= 4 is 5.78 Å². The molecule has 0 radical (unpaired) electrons. The molecule has 2 N–H and O–H groups in total. The Kier molecular flexibility index (Phi) is 11.5. The maximum atomic E-state index is 13.0. The average Bonchev–Trinajstić information content (AvgIpc) is 3.22. The number of hydrogen-bond acceptors (Lipinski definition) is 7. The molecule has 1 aliphatic rings. The Morgan fingerprint density at radius 1 is 1.32 bits per heavy atom. The van der Waals surface area contributed by atoms with Crippen LogP contribution in [0.4, 0.5) is 0 Å². The van der Waals surface area contributed by atoms with Crippen LogP contribution in [0.5, 0.6) is 0 Å². The summed E-state index contributed by atoms with van der Waals surface area (Å²) in [5.41, 5.74) is 8.08. The number of H-pyrrole nitrogens is 1. The fourth-order valence-electron chi connectivity index (χ4n) is 4.11. The number of azide groups is 1. The SMILES string of the molecule is CCCCCOC(CCCCC)CC(=O)C(O)[C@H]1O[C@@H](n2cc(C)c(=O)[nH]c2=O)C[C@@H]1N=[N+]=[N-]. The molecule has 1 saturated heterocycles. The predicted octanol–water partition coefficient (Wildman–Crippen LogP) is 3.29. The minimum atomic E-state index is -1.53. The Labute approximate surface area is 199 Å². The molecule has 1 aliphatic heterocycles. The van der Waals surface area contributed by atoms with Gasteiger partial charge in [0, 0.05) is 36.1 Å². The predicted molar refractivity (Wildman–Crippen MR) is 127 cm³/mol. The van der Waals surface area contributed by atoms with Gasteiger partial charge >= 0.3 is 5.69 Å². The molecule has 190 valence electrons. The molecule has 34 heavy (non-hydrogen) atoms. The van der Waals surface area contributed by atoms with Gasteiger partial charge in [0.1, 0.15) is 18.4 Å². The van der Waals surface area contributed by atoms with Crippen molar-refractivity contribution in [3.63, 3.8) is 0 Å². The largest absolute Gasteiger partial charge is 0.383 e. The third kappa shape index (κ3) is 7.80. The number of unbranched alkanes of at least 4 members (excludes halogenated alkanes) is 4. The molecule has 2 unspecified atom stereocenters. The van der Waals surface area contributed by atoms with Crippen molar-refractivity contribution in [3.8, 4) is 0 Å². The Balaban J connectivity index is 2.11. The summed E-state index contributed by atoms with van der Waals surface area (Å²) in [6, 6.07) is -0.850. The van der Waals surface area contributed by atoms with Gasteiger partial charge in [0.05, 0.1) is 12.1 Å². The van der Waals surface area contributed by atoms with Gasteiger partial charge in [-0.1, -0.05) is 51.1 Å². The monoisotopic (exact) mass is 479 g/mol. The smallest absolute Gasteiger partial charge is 0.330 e. The number of hydrogen-bond donors (Lipinski definition) is 2. The number of aromatic nitrogens is 2. The van der Waals surface area contributed by atoms with Crippen LogP contribution >= 0.6 is 0 Å². The number of ether oxygens (including phenoxy) is 2. The van der Waals surface area contributed by atoms with Gasteiger partial charge in [-0.05, 0) is 25.3 Å². The fraction of sp³-hybridized carbons (Fsp3) is 0.783. The number of carbonyl (C=O) groups excluding carboxylic acids is 1. The van der Waals surface area contributed by atoms with Crippen LogP contribution in [0, 0.1) is 6.92 Å². The van der Waals surface area contributed by atoms with Crippen LogP contribution in [0.1, 0.15) is 83.4 Å². The number of aromatic amines is 1. The summed E-state index contributed by atoms with van der Waals surface area (Å²) < 4.78 is 13.0. The van der Waals surface area contributed by atoms with E-state index in [0.717, 1.165) is 44.9 Å². The van der Waals surface area contributed by atoms with Crippen molar-refractivity contribution in [2.24, 2.45) is 5.11 Å². The first-order valence-electron chi connectivity index (χ1n) is 12.2. The molecule has 2 heterocycles. The van der Waals surface area contributed by atoms with Gasteiger partial charge < -0.3 is 14.6 Å². The van der Waals surface area contributed by atoms with Crippen molar-refractivity contribution in [2.45, 2.75) is 109 Å². The molecule has 1 fully saturated rings. The molecule has 2 rings (SSSR count). The number of rotatable bonds is 15. The lowest BCUT2D eigenvalue weighted by atomic mass is 9.97. The lowest BCUT2D eigenvalue weighted by Gasteiger charge is -2.23. The number of carbonyl (C=O) groups is 1. The van der Waals surface area contributed by atoms with Gasteiger partial charge in [-0.15, -0.1) is 0 Å². The van der Waals surface area contributed by atoms with E-state index in [1.54, 1.807) is 6.92 Å². The molecule has 0 spiro atoms. The van der Waals surface area contributed by atoms with Gasteiger partial charge in [-0.3, -0.25) is 19.1 Å². The van der Waals surface area contributed by atoms with E-state index in [1.807, 2.05) is 0 Å². The quantitative estimate of drug-likeness (QED) is 0.170. The average molecular weight is 480 g/mol. The van der Waals surface area contributed by atoms with Crippen LogP contribution < -0.4 is 11.2 Å². The molecule has 0 aromatic carbocycles. The van der Waals surface area contributed by atoms with Crippen molar-refractivity contribution in [1.29, 1.82) is 0 Å². The van der Waals surface area contributed by atoms with Crippen molar-refractivity contribution in [1.82, 2.24) is 9.55 Å². The van der Waals surface area contributed by atoms with E-state index >= 15 is 0 Å². The van der Waals surface area contributed by atoms with E-state index in [4.69, 9.17) is 15.0 Å². The van der Waals surface area contributed by atoms with Gasteiger partial charge in [-0.2, -0.15) is 0 Å². The first-order chi connectivity index (χ1) is 16.3. The maximum absolute atomic E-state index is 13.0. The molecule has 11 heteroatoms. The molecular weight excluding hydrogens is 442 g/mol. The third-order valence-electron chi connectivity index (χ3n) is 6.09. The van der Waals surface area contributed by atoms with Gasteiger partial charge in [-0.25, -0.2) is 4.79 Å². The third-order valence-corrected chi connectivity index (χ3v) is 6.09. The van der Waals surface area contributed by atoms with Gasteiger partial charge in [0.2, 0.25) is 0 Å². The van der Waals surface area contributed by atoms with E-state index in [0.29, 0.717) is 12.2 Å². The van der Waals surface area contributed by atoms with Crippen LogP contribution in [0.2, 0.25) is 0 Å². The molecule has 1 aromatic rings. The van der Waals surface area contributed by atoms with E-state index in [-0.39, 0.29) is 18.9 Å². The standard InChI is InChI=1S/C23H37N5O6/c1-4-6-8-10-16(33-11-9-7-5-2)12-18(29)20(30)21-17(26-27-24)13-19(34-21)28-14-15(3)22(31)25-23(28)32/h14,16-17,19-21,30H,4-13H2,1-3H3,(H,25,31,32)/t16?,17-,19+,20?,21-/m0/s1. The molecule has 0 saturated carbocycles. The lowest BCUT2D eigenvalue weighted by Crippen LogP contribution is -2.41. The highest BCUT2D eigenvalue weighted by Gasteiger charge is 2.43. The number of aryl methyl sites for hydroxylation is 1. The van der Waals surface area contributed by atoms with Crippen LogP contribution in [0.3, 0.4) is 0 Å². The highest BCUT2D eigenvalue weighted by Crippen LogP contribution is 2.32. The Hall–Kier alpha value is -2.46. The summed E-state index contributed by atoms with van der Waals surface area (Å²) in [6.45, 7) is 6.32. The van der Waals surface area contributed by atoms with E-state index in [1.165, 1.54) is 10.8 Å². The molecule has 5 atom stereocenters. The highest BCUT2D eigenvalue weighted by atomic mass is 16.5.